The van der Waals surface area contributed by atoms with Crippen LogP contribution in [0.3, 0.4) is 0 Å². The van der Waals surface area contributed by atoms with Crippen molar-refractivity contribution in [3.05, 3.63) is 109 Å². The zero-order chi connectivity index (χ0) is 27.0. The van der Waals surface area contributed by atoms with Gasteiger partial charge in [0.15, 0.2) is 0 Å². The highest BCUT2D eigenvalue weighted by Gasteiger charge is 2.44. The van der Waals surface area contributed by atoms with E-state index in [-0.39, 0.29) is 28.3 Å². The summed E-state index contributed by atoms with van der Waals surface area (Å²) in [6, 6.07) is 20.4. The van der Waals surface area contributed by atoms with Crippen LogP contribution in [-0.4, -0.2) is 25.0 Å². The van der Waals surface area contributed by atoms with Crippen LogP contribution in [0.25, 0.3) is 6.08 Å². The Morgan fingerprint density at radius 1 is 1.03 bits per heavy atom. The molecule has 39 heavy (non-hydrogen) atoms. The molecule has 1 aliphatic carbocycles. The minimum Gasteiger partial charge on any atom is -0.280 e. The lowest BCUT2D eigenvalue weighted by atomic mass is 9.79. The lowest BCUT2D eigenvalue weighted by Crippen LogP contribution is -2.31. The standard InChI is InChI=1S/C29H24ClN3O3S3/c30-21-11-13-22(14-12-21)32-39(35,36)24-8-1-6-20(18-24)29(34)33-28(26-10-4-16-38-26)25-9-2-5-19(27(25)31-33)17-23-7-3-15-37-23/h1,3-4,6-8,10-18,25,28,32H,2,5,9H2. The molecule has 1 N–H and O–H groups in total. The third kappa shape index (κ3) is 5.32. The molecule has 1 fully saturated rings. The van der Waals surface area contributed by atoms with Gasteiger partial charge in [0.1, 0.15) is 0 Å². The molecule has 4 aromatic rings. The molecule has 10 heteroatoms. The van der Waals surface area contributed by atoms with Crippen molar-refractivity contribution in [1.82, 2.24) is 5.01 Å². The summed E-state index contributed by atoms with van der Waals surface area (Å²) in [5.74, 6) is -0.236. The van der Waals surface area contributed by atoms with Crippen molar-refractivity contribution >= 4 is 67.7 Å². The van der Waals surface area contributed by atoms with Crippen LogP contribution in [0.4, 0.5) is 5.69 Å². The summed E-state index contributed by atoms with van der Waals surface area (Å²) in [5.41, 5.74) is 2.76. The quantitative estimate of drug-likeness (QED) is 0.249. The SMILES string of the molecule is O=C(c1cccc(S(=O)(=O)Nc2ccc(Cl)cc2)c1)N1N=C2C(=Cc3cccs3)CCCC2C1c1cccs1. The largest absolute Gasteiger partial charge is 0.280 e. The minimum absolute atomic E-state index is 0.00137. The number of hydrogen-bond donors (Lipinski definition) is 1. The van der Waals surface area contributed by atoms with Crippen LogP contribution in [0.5, 0.6) is 0 Å². The second-order valence-electron chi connectivity index (χ2n) is 9.42. The summed E-state index contributed by atoms with van der Waals surface area (Å²) in [6.45, 7) is 0. The summed E-state index contributed by atoms with van der Waals surface area (Å²) < 4.78 is 28.8. The van der Waals surface area contributed by atoms with Crippen molar-refractivity contribution < 1.29 is 13.2 Å². The molecule has 2 aliphatic rings. The van der Waals surface area contributed by atoms with Gasteiger partial charge >= 0.3 is 0 Å². The fourth-order valence-electron chi connectivity index (χ4n) is 5.11. The van der Waals surface area contributed by atoms with E-state index in [0.717, 1.165) is 40.3 Å². The average molecular weight is 594 g/mol. The molecule has 2 aromatic carbocycles. The number of carbonyl (C=O) groups excluding carboxylic acids is 1. The van der Waals surface area contributed by atoms with Gasteiger partial charge in [-0.3, -0.25) is 9.52 Å². The number of thiophene rings is 2. The molecule has 3 heterocycles. The number of nitrogens with zero attached hydrogens (tertiary/aromatic N) is 2. The Balaban J connectivity index is 1.34. The molecule has 1 aliphatic heterocycles. The molecule has 2 atom stereocenters. The molecule has 2 unspecified atom stereocenters. The van der Waals surface area contributed by atoms with Crippen LogP contribution in [0.15, 0.2) is 99.1 Å². The molecule has 6 nitrogen and oxygen atoms in total. The first-order valence-corrected chi connectivity index (χ1v) is 16.1. The molecule has 2 aromatic heterocycles. The predicted molar refractivity (Wildman–Crippen MR) is 159 cm³/mol. The number of allylic oxidation sites excluding steroid dienone is 1. The van der Waals surface area contributed by atoms with Gasteiger partial charge in [0.25, 0.3) is 15.9 Å². The van der Waals surface area contributed by atoms with Crippen molar-refractivity contribution in [1.29, 1.82) is 0 Å². The highest BCUT2D eigenvalue weighted by atomic mass is 35.5. The van der Waals surface area contributed by atoms with E-state index < -0.39 is 10.0 Å². The molecule has 1 saturated carbocycles. The number of halogens is 1. The highest BCUT2D eigenvalue weighted by molar-refractivity contribution is 7.92. The van der Waals surface area contributed by atoms with Crippen LogP contribution >= 0.6 is 34.3 Å². The van der Waals surface area contributed by atoms with Gasteiger partial charge in [-0.1, -0.05) is 29.8 Å². The van der Waals surface area contributed by atoms with Gasteiger partial charge in [-0.2, -0.15) is 5.10 Å². The van der Waals surface area contributed by atoms with E-state index in [1.807, 2.05) is 23.6 Å². The van der Waals surface area contributed by atoms with Gasteiger partial charge in [-0.25, -0.2) is 13.4 Å². The number of fused-ring (bicyclic) bond motifs is 1. The van der Waals surface area contributed by atoms with E-state index in [9.17, 15) is 13.2 Å². The van der Waals surface area contributed by atoms with Crippen LogP contribution in [0.1, 0.15) is 45.4 Å². The molecular formula is C29H24ClN3O3S3. The third-order valence-electron chi connectivity index (χ3n) is 6.89. The summed E-state index contributed by atoms with van der Waals surface area (Å²) in [5, 5.41) is 11.1. The van der Waals surface area contributed by atoms with E-state index in [0.29, 0.717) is 10.7 Å². The highest BCUT2D eigenvalue weighted by Crippen LogP contribution is 2.46. The monoisotopic (exact) mass is 593 g/mol. The van der Waals surface area contributed by atoms with Gasteiger partial charge in [0.05, 0.1) is 16.6 Å². The van der Waals surface area contributed by atoms with Crippen LogP contribution < -0.4 is 4.72 Å². The first-order chi connectivity index (χ1) is 18.9. The van der Waals surface area contributed by atoms with Crippen molar-refractivity contribution in [2.24, 2.45) is 11.0 Å². The normalized spacial score (nSPS) is 20.1. The lowest BCUT2D eigenvalue weighted by molar-refractivity contribution is 0.0684. The van der Waals surface area contributed by atoms with Crippen LogP contribution in [0.2, 0.25) is 5.02 Å². The number of anilines is 1. The van der Waals surface area contributed by atoms with Crippen LogP contribution in [0, 0.1) is 5.92 Å². The van der Waals surface area contributed by atoms with Gasteiger partial charge in [0.2, 0.25) is 0 Å². The number of sulfonamides is 1. The van der Waals surface area contributed by atoms with Gasteiger partial charge in [-0.05, 0) is 96.3 Å². The Morgan fingerprint density at radius 2 is 1.82 bits per heavy atom. The number of amides is 1. The smallest absolute Gasteiger partial charge is 0.274 e. The Labute approximate surface area is 240 Å². The number of hydrazone groups is 1. The minimum atomic E-state index is -3.93. The summed E-state index contributed by atoms with van der Waals surface area (Å²) in [6.07, 6.45) is 5.06. The van der Waals surface area contributed by atoms with E-state index in [1.54, 1.807) is 64.1 Å². The number of nitrogens with one attached hydrogen (secondary N) is 1. The molecule has 0 spiro atoms. The molecule has 1 amide bonds. The number of hydrogen-bond acceptors (Lipinski definition) is 6. The Bertz CT molecular complexity index is 1660. The topological polar surface area (TPSA) is 78.8 Å². The second kappa shape index (κ2) is 10.7. The number of rotatable bonds is 6. The van der Waals surface area contributed by atoms with Crippen molar-refractivity contribution in [3.8, 4) is 0 Å². The lowest BCUT2D eigenvalue weighted by Gasteiger charge is -2.28. The fraction of sp³-hybridized carbons (Fsp3) is 0.172. The summed E-state index contributed by atoms with van der Waals surface area (Å²) in [7, 11) is -3.93. The first kappa shape index (κ1) is 26.0. The molecule has 0 saturated heterocycles. The molecule has 0 radical (unpaired) electrons. The van der Waals surface area contributed by atoms with Gasteiger partial charge in [0, 0.05) is 31.9 Å². The molecular weight excluding hydrogens is 570 g/mol. The number of benzene rings is 2. The maximum absolute atomic E-state index is 14.0. The Kier molecular flexibility index (Phi) is 7.16. The van der Waals surface area contributed by atoms with Gasteiger partial charge < -0.3 is 0 Å². The second-order valence-corrected chi connectivity index (χ2v) is 13.5. The van der Waals surface area contributed by atoms with Crippen molar-refractivity contribution in [2.75, 3.05) is 4.72 Å². The Morgan fingerprint density at radius 3 is 2.56 bits per heavy atom. The predicted octanol–water partition coefficient (Wildman–Crippen LogP) is 7.70. The summed E-state index contributed by atoms with van der Waals surface area (Å²) >= 11 is 9.21. The maximum Gasteiger partial charge on any atom is 0.274 e. The fourth-order valence-corrected chi connectivity index (χ4v) is 7.90. The average Bonchev–Trinajstić information content (AvgIpc) is 3.71. The summed E-state index contributed by atoms with van der Waals surface area (Å²) in [4.78, 5) is 16.2. The molecule has 0 bridgehead atoms. The van der Waals surface area contributed by atoms with E-state index in [4.69, 9.17) is 16.7 Å². The van der Waals surface area contributed by atoms with E-state index in [1.165, 1.54) is 12.1 Å². The van der Waals surface area contributed by atoms with Crippen LogP contribution in [-0.2, 0) is 10.0 Å². The number of carbonyl (C=O) groups is 1. The van der Waals surface area contributed by atoms with E-state index in [2.05, 4.69) is 22.2 Å². The Hall–Kier alpha value is -3.24. The van der Waals surface area contributed by atoms with E-state index >= 15 is 0 Å². The van der Waals surface area contributed by atoms with Crippen molar-refractivity contribution in [3.63, 3.8) is 0 Å². The maximum atomic E-state index is 14.0. The van der Waals surface area contributed by atoms with Crippen molar-refractivity contribution in [2.45, 2.75) is 30.2 Å². The van der Waals surface area contributed by atoms with Gasteiger partial charge in [-0.15, -0.1) is 22.7 Å². The molecule has 198 valence electrons. The zero-order valence-electron chi connectivity index (χ0n) is 20.7. The first-order valence-electron chi connectivity index (χ1n) is 12.5. The zero-order valence-corrected chi connectivity index (χ0v) is 23.9. The third-order valence-corrected chi connectivity index (χ3v) is 10.3. The molecule has 6 rings (SSSR count).